The van der Waals surface area contributed by atoms with Crippen LogP contribution in [0.2, 0.25) is 5.15 Å². The number of ether oxygens (including phenoxy) is 1. The lowest BCUT2D eigenvalue weighted by atomic mass is 10.1. The van der Waals surface area contributed by atoms with Crippen molar-refractivity contribution >= 4 is 17.7 Å². The van der Waals surface area contributed by atoms with Gasteiger partial charge in [0, 0.05) is 5.69 Å². The molecule has 0 spiro atoms. The largest absolute Gasteiger partial charge is 0.439 e. The molecule has 4 nitrogen and oxygen atoms in total. The molecule has 1 atom stereocenters. The third-order valence-corrected chi connectivity index (χ3v) is 2.19. The molecule has 1 amide bonds. The number of halogens is 1. The standard InChI is InChI=1S/C9H9ClN2O2/c1-5-2-6(3-8(10)12-5)7-4-11-9(13)14-7/h2-3,7H,4H2,1H3,(H,11,13). The summed E-state index contributed by atoms with van der Waals surface area (Å²) in [5.41, 5.74) is 1.69. The molecule has 1 unspecified atom stereocenters. The first kappa shape index (κ1) is 9.27. The van der Waals surface area contributed by atoms with E-state index >= 15 is 0 Å². The molecule has 1 fully saturated rings. The number of nitrogens with one attached hydrogen (secondary N) is 1. The van der Waals surface area contributed by atoms with E-state index in [0.717, 1.165) is 11.3 Å². The Hall–Kier alpha value is -1.29. The number of cyclic esters (lactones) is 1. The van der Waals surface area contributed by atoms with Crippen LogP contribution in [0.3, 0.4) is 0 Å². The number of hydrogen-bond acceptors (Lipinski definition) is 3. The first-order valence-electron chi connectivity index (χ1n) is 4.24. The molecule has 14 heavy (non-hydrogen) atoms. The number of carbonyl (C=O) groups is 1. The molecule has 1 aromatic heterocycles. The summed E-state index contributed by atoms with van der Waals surface area (Å²) < 4.78 is 5.02. The Balaban J connectivity index is 2.27. The molecule has 74 valence electrons. The van der Waals surface area contributed by atoms with Crippen molar-refractivity contribution < 1.29 is 9.53 Å². The topological polar surface area (TPSA) is 51.2 Å². The van der Waals surface area contributed by atoms with Crippen LogP contribution in [0.1, 0.15) is 17.4 Å². The maximum atomic E-state index is 10.8. The predicted octanol–water partition coefficient (Wildman–Crippen LogP) is 1.82. The van der Waals surface area contributed by atoms with Crippen molar-refractivity contribution in [2.45, 2.75) is 13.0 Å². The number of aromatic nitrogens is 1. The predicted molar refractivity (Wildman–Crippen MR) is 51.2 cm³/mol. The van der Waals surface area contributed by atoms with Crippen LogP contribution in [0.4, 0.5) is 4.79 Å². The Bertz CT molecular complexity index is 361. The fraction of sp³-hybridized carbons (Fsp3) is 0.333. The van der Waals surface area contributed by atoms with Crippen molar-refractivity contribution in [2.75, 3.05) is 6.54 Å². The van der Waals surface area contributed by atoms with E-state index in [-0.39, 0.29) is 12.2 Å². The molecule has 1 saturated heterocycles. The van der Waals surface area contributed by atoms with Gasteiger partial charge in [0.05, 0.1) is 6.54 Å². The first-order chi connectivity index (χ1) is 6.65. The molecule has 0 bridgehead atoms. The highest BCUT2D eigenvalue weighted by atomic mass is 35.5. The van der Waals surface area contributed by atoms with Gasteiger partial charge in [-0.2, -0.15) is 0 Å². The monoisotopic (exact) mass is 212 g/mol. The van der Waals surface area contributed by atoms with Crippen molar-refractivity contribution in [1.82, 2.24) is 10.3 Å². The molecular formula is C9H9ClN2O2. The van der Waals surface area contributed by atoms with Gasteiger partial charge in [-0.25, -0.2) is 9.78 Å². The summed E-state index contributed by atoms with van der Waals surface area (Å²) in [6.45, 7) is 2.33. The van der Waals surface area contributed by atoms with Gasteiger partial charge < -0.3 is 10.1 Å². The van der Waals surface area contributed by atoms with Crippen molar-refractivity contribution in [2.24, 2.45) is 0 Å². The lowest BCUT2D eigenvalue weighted by molar-refractivity contribution is 0.141. The van der Waals surface area contributed by atoms with Gasteiger partial charge in [-0.1, -0.05) is 11.6 Å². The normalized spacial score (nSPS) is 20.4. The van der Waals surface area contributed by atoms with Crippen molar-refractivity contribution in [1.29, 1.82) is 0 Å². The fourth-order valence-corrected chi connectivity index (χ4v) is 1.67. The van der Waals surface area contributed by atoms with E-state index < -0.39 is 0 Å². The molecule has 1 aliphatic rings. The number of carbonyl (C=O) groups excluding carboxylic acids is 1. The number of hydrogen-bond donors (Lipinski definition) is 1. The third kappa shape index (κ3) is 1.80. The molecular weight excluding hydrogens is 204 g/mol. The fourth-order valence-electron chi connectivity index (χ4n) is 1.41. The summed E-state index contributed by atoms with van der Waals surface area (Å²) in [5.74, 6) is 0. The lowest BCUT2D eigenvalue weighted by Crippen LogP contribution is -2.12. The first-order valence-corrected chi connectivity index (χ1v) is 4.61. The Kier molecular flexibility index (Phi) is 2.29. The second kappa shape index (κ2) is 3.46. The van der Waals surface area contributed by atoms with Crippen LogP contribution in [-0.4, -0.2) is 17.6 Å². The SMILES string of the molecule is Cc1cc(C2CNC(=O)O2)cc(Cl)n1. The van der Waals surface area contributed by atoms with Crippen LogP contribution in [0, 0.1) is 6.92 Å². The Labute approximate surface area is 86.2 Å². The van der Waals surface area contributed by atoms with Crippen LogP contribution in [0.15, 0.2) is 12.1 Å². The minimum atomic E-state index is -0.388. The zero-order valence-electron chi connectivity index (χ0n) is 7.58. The maximum absolute atomic E-state index is 10.8. The van der Waals surface area contributed by atoms with Gasteiger partial charge in [-0.15, -0.1) is 0 Å². The summed E-state index contributed by atoms with van der Waals surface area (Å²) in [6, 6.07) is 3.57. The minimum absolute atomic E-state index is 0.248. The molecule has 5 heteroatoms. The summed E-state index contributed by atoms with van der Waals surface area (Å²) >= 11 is 5.79. The third-order valence-electron chi connectivity index (χ3n) is 2.00. The van der Waals surface area contributed by atoms with Crippen molar-refractivity contribution in [3.05, 3.63) is 28.5 Å². The van der Waals surface area contributed by atoms with E-state index in [4.69, 9.17) is 16.3 Å². The average molecular weight is 213 g/mol. The maximum Gasteiger partial charge on any atom is 0.407 e. The van der Waals surface area contributed by atoms with Gasteiger partial charge >= 0.3 is 6.09 Å². The van der Waals surface area contributed by atoms with E-state index in [1.54, 1.807) is 6.07 Å². The highest BCUT2D eigenvalue weighted by molar-refractivity contribution is 6.29. The van der Waals surface area contributed by atoms with Gasteiger partial charge in [-0.3, -0.25) is 0 Å². The lowest BCUT2D eigenvalue weighted by Gasteiger charge is -2.08. The van der Waals surface area contributed by atoms with Gasteiger partial charge in [0.2, 0.25) is 0 Å². The molecule has 1 aliphatic heterocycles. The van der Waals surface area contributed by atoms with Crippen LogP contribution < -0.4 is 5.32 Å². The van der Waals surface area contributed by atoms with Crippen LogP contribution in [0.25, 0.3) is 0 Å². The molecule has 0 aliphatic carbocycles. The molecule has 2 rings (SSSR count). The number of rotatable bonds is 1. The summed E-state index contributed by atoms with van der Waals surface area (Å²) in [6.07, 6.45) is -0.637. The second-order valence-corrected chi connectivity index (χ2v) is 3.53. The van der Waals surface area contributed by atoms with Crippen molar-refractivity contribution in [3.8, 4) is 0 Å². The van der Waals surface area contributed by atoms with Crippen LogP contribution >= 0.6 is 11.6 Å². The number of pyridine rings is 1. The highest BCUT2D eigenvalue weighted by Crippen LogP contribution is 2.23. The van der Waals surface area contributed by atoms with Gasteiger partial charge in [0.25, 0.3) is 0 Å². The average Bonchev–Trinajstić information content (AvgIpc) is 2.50. The van der Waals surface area contributed by atoms with Gasteiger partial charge in [0.15, 0.2) is 0 Å². The Morgan fingerprint density at radius 3 is 3.00 bits per heavy atom. The molecule has 1 aromatic rings. The van der Waals surface area contributed by atoms with Crippen molar-refractivity contribution in [3.63, 3.8) is 0 Å². The smallest absolute Gasteiger partial charge is 0.407 e. The molecule has 0 radical (unpaired) electrons. The van der Waals surface area contributed by atoms with Gasteiger partial charge in [0.1, 0.15) is 11.3 Å². The summed E-state index contributed by atoms with van der Waals surface area (Å²) in [4.78, 5) is 14.8. The number of aryl methyl sites for hydroxylation is 1. The van der Waals surface area contributed by atoms with E-state index in [1.165, 1.54) is 0 Å². The Morgan fingerprint density at radius 2 is 2.43 bits per heavy atom. The van der Waals surface area contributed by atoms with E-state index in [1.807, 2.05) is 13.0 Å². The van der Waals surface area contributed by atoms with E-state index in [2.05, 4.69) is 10.3 Å². The zero-order chi connectivity index (χ0) is 10.1. The zero-order valence-corrected chi connectivity index (χ0v) is 8.34. The van der Waals surface area contributed by atoms with Gasteiger partial charge in [-0.05, 0) is 24.6 Å². The highest BCUT2D eigenvalue weighted by Gasteiger charge is 2.24. The molecule has 1 N–H and O–H groups in total. The quantitative estimate of drug-likeness (QED) is 0.723. The number of amides is 1. The second-order valence-electron chi connectivity index (χ2n) is 3.14. The van der Waals surface area contributed by atoms with E-state index in [0.29, 0.717) is 11.7 Å². The van der Waals surface area contributed by atoms with Crippen LogP contribution in [0.5, 0.6) is 0 Å². The number of alkyl carbamates (subject to hydrolysis) is 1. The molecule has 0 aromatic carbocycles. The summed E-state index contributed by atoms with van der Waals surface area (Å²) in [5, 5.41) is 3.00. The summed E-state index contributed by atoms with van der Waals surface area (Å²) in [7, 11) is 0. The molecule has 2 heterocycles. The van der Waals surface area contributed by atoms with Crippen LogP contribution in [-0.2, 0) is 4.74 Å². The minimum Gasteiger partial charge on any atom is -0.439 e. The van der Waals surface area contributed by atoms with E-state index in [9.17, 15) is 4.79 Å². The number of nitrogens with zero attached hydrogens (tertiary/aromatic N) is 1. The Morgan fingerprint density at radius 1 is 1.64 bits per heavy atom. The molecule has 0 saturated carbocycles.